The number of hydrogen-bond acceptors (Lipinski definition) is 9. The summed E-state index contributed by atoms with van der Waals surface area (Å²) >= 11 is 31.6. The zero-order chi connectivity index (χ0) is 88.1. The molecule has 0 radical (unpaired) electrons. The third-order valence-electron chi connectivity index (χ3n) is 25.0. The molecule has 6 aliphatic rings. The van der Waals surface area contributed by atoms with Crippen LogP contribution in [0.3, 0.4) is 0 Å². The molecule has 0 saturated carbocycles. The van der Waals surface area contributed by atoms with Crippen molar-refractivity contribution in [3.05, 3.63) is 385 Å². The molecule has 652 valence electrons. The Hall–Kier alpha value is -11.0. The fourth-order valence-corrected chi connectivity index (χ4v) is 20.6. The van der Waals surface area contributed by atoms with Gasteiger partial charge in [-0.2, -0.15) is 0 Å². The highest BCUT2D eigenvalue weighted by Crippen LogP contribution is 2.43. The first kappa shape index (κ1) is 87.7. The molecule has 0 fully saturated rings. The van der Waals surface area contributed by atoms with Gasteiger partial charge in [-0.15, -0.1) is 0 Å². The molecule has 23 rings (SSSR count). The van der Waals surface area contributed by atoms with E-state index in [4.69, 9.17) is 55.9 Å². The van der Waals surface area contributed by atoms with Crippen molar-refractivity contribution in [2.75, 3.05) is 52.5 Å². The zero-order valence-electron chi connectivity index (χ0n) is 70.6. The predicted octanol–water partition coefficient (Wildman–Crippen LogP) is 24.7. The lowest BCUT2D eigenvalue weighted by Gasteiger charge is -2.32. The number of rotatable bonds is 9. The number of halogens is 7. The van der Waals surface area contributed by atoms with Gasteiger partial charge in [-0.05, 0) is 230 Å². The second-order valence-electron chi connectivity index (χ2n) is 33.1. The highest BCUT2D eigenvalue weighted by Gasteiger charge is 2.36. The first-order valence-electron chi connectivity index (χ1n) is 43.6. The number of aliphatic hydroxyl groups excluding tert-OH is 1. The van der Waals surface area contributed by atoms with Crippen LogP contribution >= 0.6 is 78.3 Å². The van der Waals surface area contributed by atoms with Gasteiger partial charge in [-0.25, -0.2) is 14.0 Å². The summed E-state index contributed by atoms with van der Waals surface area (Å²) in [7, 11) is 0. The van der Waals surface area contributed by atoms with Crippen LogP contribution < -0.4 is 21.3 Å². The minimum absolute atomic E-state index is 0.0721. The molecule has 11 aromatic carbocycles. The van der Waals surface area contributed by atoms with E-state index in [2.05, 4.69) is 235 Å². The van der Waals surface area contributed by atoms with Gasteiger partial charge in [0.1, 0.15) is 11.9 Å². The zero-order valence-corrected chi connectivity index (χ0v) is 76.8. The van der Waals surface area contributed by atoms with Gasteiger partial charge >= 0.3 is 12.2 Å². The molecule has 11 N–H and O–H groups in total. The van der Waals surface area contributed by atoms with Gasteiger partial charge < -0.3 is 75.6 Å². The topological polar surface area (TPSA) is 222 Å². The van der Waals surface area contributed by atoms with Gasteiger partial charge in [0.15, 0.2) is 0 Å². The highest BCUT2D eigenvalue weighted by molar-refractivity contribution is 9.10. The van der Waals surface area contributed by atoms with Crippen LogP contribution in [0.5, 0.6) is 0 Å². The molecule has 12 heterocycles. The van der Waals surface area contributed by atoms with Crippen molar-refractivity contribution in [2.24, 2.45) is 0 Å². The molecule has 17 aromatic rings. The van der Waals surface area contributed by atoms with Crippen LogP contribution in [0, 0.1) is 5.82 Å². The standard InChI is InChI=1S/C20H19ClN2O2.C18H17BrN2.C18H17ClN2.C17H14ClFN2.C17H15ClN2.C14H15BrN2O3/c1-2-25-20(24)23-11-16(13-6-4-3-5-7-13)19-17(12-23)15-10-14(21)8-9-18(15)22-19;2*19-13-6-7-16-15(11-13)14-8-9-20-17(18(14)21-16)10-12-4-2-1-3-5-12;18-11-3-1-2-10(8-11)16-17-13(6-7-20-16)14-9-12(19)4-5-15(14)21-17;18-12-6-7-16-13(8-12)15-10-19-9-14(17(15)20-16)11-4-2-1-3-5-11;1-2-20-14(19)17-6-10-9-5-8(15)3-4-11(9)16-13(10)12(18)7-17/h3-10,16,22H,2,11-12H2,1H3;2*1-7,11,17,20-21H,8-10H2;1-5,8-9,16,20-21H,6-7H2;1-8,14,19-20H,9-10H2;3-5,12,16,18H,2,6-7H2,1H3. The lowest BCUT2D eigenvalue weighted by molar-refractivity contribution is 0.0622. The summed E-state index contributed by atoms with van der Waals surface area (Å²) in [6, 6.07) is 86.2. The third kappa shape index (κ3) is 19.2. The Balaban J connectivity index is 0.000000104. The number of amides is 2. The van der Waals surface area contributed by atoms with Crippen LogP contribution in [-0.2, 0) is 61.2 Å². The smallest absolute Gasteiger partial charge is 0.410 e. The second-order valence-corrected chi connectivity index (χ2v) is 36.6. The van der Waals surface area contributed by atoms with E-state index in [1.165, 1.54) is 105 Å². The lowest BCUT2D eigenvalue weighted by Crippen LogP contribution is -2.38. The molecular formula is C104H97Br2Cl4FN12O5. The monoisotopic (exact) mass is 1910 g/mol. The number of nitrogens with zero attached hydrogens (tertiary/aromatic N) is 2. The molecule has 6 aromatic heterocycles. The van der Waals surface area contributed by atoms with Crippen molar-refractivity contribution in [1.29, 1.82) is 0 Å². The minimum atomic E-state index is -0.714. The third-order valence-corrected chi connectivity index (χ3v) is 27.0. The Kier molecular flexibility index (Phi) is 27.1. The van der Waals surface area contributed by atoms with Crippen molar-refractivity contribution >= 4 is 156 Å². The maximum atomic E-state index is 13.5. The maximum absolute atomic E-state index is 13.5. The SMILES string of the molecule is Brc1ccc2[nH]c3c(c2c1)CCNC3Cc1ccccc1.CCOC(=O)N1Cc2c([nH]c3ccc(Br)cc23)C(O)C1.CCOC(=O)N1Cc2c([nH]c3ccc(Cl)cc23)C(c2ccccc2)C1.Clc1ccc2[nH]c3c(c2c1)CCNC3Cc1ccccc1.Clc1ccc2[nH]c3c(c2c1)CNCC3c1ccccc1.Fc1ccc2[nH]c3c(c2c1)CCNC3c1cccc(Cl)c1. The van der Waals surface area contributed by atoms with Crippen LogP contribution in [0.25, 0.3) is 65.4 Å². The molecule has 0 saturated heterocycles. The van der Waals surface area contributed by atoms with Gasteiger partial charge in [-0.3, -0.25) is 0 Å². The number of H-pyrrole nitrogens is 6. The summed E-state index contributed by atoms with van der Waals surface area (Å²) in [6.45, 7) is 10.9. The Bertz CT molecular complexity index is 6710. The molecule has 6 atom stereocenters. The summed E-state index contributed by atoms with van der Waals surface area (Å²) in [4.78, 5) is 48.6. The van der Waals surface area contributed by atoms with Crippen molar-refractivity contribution in [3.63, 3.8) is 0 Å². The highest BCUT2D eigenvalue weighted by atomic mass is 79.9. The lowest BCUT2D eigenvalue weighted by atomic mass is 9.89. The molecule has 2 amide bonds. The normalized spacial score (nSPS) is 17.7. The van der Waals surface area contributed by atoms with Crippen LogP contribution in [0.15, 0.2) is 264 Å². The minimum Gasteiger partial charge on any atom is -0.450 e. The number of ether oxygens (including phenoxy) is 2. The number of β-amino-alcohol motifs (C(OH)–C–C–N with tert-alkyl or cyclic N) is 1. The van der Waals surface area contributed by atoms with Crippen LogP contribution in [-0.4, -0.2) is 109 Å². The number of nitrogens with one attached hydrogen (secondary N) is 10. The van der Waals surface area contributed by atoms with Crippen molar-refractivity contribution in [1.82, 2.24) is 61.0 Å². The Morgan fingerprint density at radius 1 is 0.398 bits per heavy atom. The number of hydrogen-bond donors (Lipinski definition) is 11. The second kappa shape index (κ2) is 39.6. The Labute approximate surface area is 778 Å². The van der Waals surface area contributed by atoms with Gasteiger partial charge in [0.2, 0.25) is 0 Å². The average Bonchev–Trinajstić information content (AvgIpc) is 1.62. The van der Waals surface area contributed by atoms with E-state index in [0.717, 1.165) is 155 Å². The Morgan fingerprint density at radius 3 is 1.31 bits per heavy atom. The van der Waals surface area contributed by atoms with Gasteiger partial charge in [0.25, 0.3) is 0 Å². The average molecular weight is 1920 g/mol. The van der Waals surface area contributed by atoms with Gasteiger partial charge in [0.05, 0.1) is 56.7 Å². The van der Waals surface area contributed by atoms with E-state index < -0.39 is 6.10 Å². The number of aromatic amines is 6. The fraction of sp³-hybridized carbons (Fsp3) is 0.231. The molecule has 0 aliphatic carbocycles. The van der Waals surface area contributed by atoms with E-state index in [1.807, 2.05) is 91.9 Å². The number of carbonyl (C=O) groups is 2. The van der Waals surface area contributed by atoms with E-state index in [0.29, 0.717) is 55.9 Å². The number of aliphatic hydroxyl groups is 1. The summed E-state index contributed by atoms with van der Waals surface area (Å²) in [5.74, 6) is 0.272. The molecule has 0 bridgehead atoms. The number of carbonyl (C=O) groups excluding carboxylic acids is 2. The van der Waals surface area contributed by atoms with Gasteiger partial charge in [0, 0.05) is 172 Å². The maximum Gasteiger partial charge on any atom is 0.410 e. The number of fused-ring (bicyclic) bond motifs is 18. The summed E-state index contributed by atoms with van der Waals surface area (Å²) < 4.78 is 25.9. The van der Waals surface area contributed by atoms with E-state index in [9.17, 15) is 19.1 Å². The largest absolute Gasteiger partial charge is 0.450 e. The fourth-order valence-electron chi connectivity index (χ4n) is 19.1. The summed E-state index contributed by atoms with van der Waals surface area (Å²) in [5.41, 5.74) is 27.6. The van der Waals surface area contributed by atoms with Gasteiger partial charge in [-0.1, -0.05) is 212 Å². The molecule has 24 heteroatoms. The molecule has 6 aliphatic heterocycles. The van der Waals surface area contributed by atoms with Crippen molar-refractivity contribution < 1.29 is 28.6 Å². The predicted molar refractivity (Wildman–Crippen MR) is 522 cm³/mol. The molecule has 17 nitrogen and oxygen atoms in total. The molecule has 0 spiro atoms. The van der Waals surface area contributed by atoms with E-state index in [1.54, 1.807) is 24.0 Å². The van der Waals surface area contributed by atoms with Crippen LogP contribution in [0.2, 0.25) is 20.1 Å². The Morgan fingerprint density at radius 2 is 0.789 bits per heavy atom. The summed E-state index contributed by atoms with van der Waals surface area (Å²) in [5, 5.41) is 34.5. The quantitative estimate of drug-likeness (QED) is 0.0661. The first-order chi connectivity index (χ1) is 62.4. The number of aromatic nitrogens is 6. The molecular weight excluding hydrogens is 1820 g/mol. The first-order valence-corrected chi connectivity index (χ1v) is 46.7. The van der Waals surface area contributed by atoms with E-state index >= 15 is 0 Å². The number of benzene rings is 11. The van der Waals surface area contributed by atoms with Crippen molar-refractivity contribution in [3.8, 4) is 0 Å². The molecule has 6 unspecified atom stereocenters. The molecule has 128 heavy (non-hydrogen) atoms. The van der Waals surface area contributed by atoms with E-state index in [-0.39, 0.29) is 36.5 Å². The summed E-state index contributed by atoms with van der Waals surface area (Å²) in [6.07, 6.45) is 3.71. The van der Waals surface area contributed by atoms with Crippen molar-refractivity contribution in [2.45, 2.75) is 102 Å². The van der Waals surface area contributed by atoms with Crippen LogP contribution in [0.4, 0.5) is 14.0 Å². The van der Waals surface area contributed by atoms with Crippen LogP contribution in [0.1, 0.15) is 145 Å².